The van der Waals surface area contributed by atoms with Gasteiger partial charge < -0.3 is 15.4 Å². The predicted octanol–water partition coefficient (Wildman–Crippen LogP) is 2.79. The predicted molar refractivity (Wildman–Crippen MR) is 81.1 cm³/mol. The van der Waals surface area contributed by atoms with E-state index in [1.165, 1.54) is 0 Å². The summed E-state index contributed by atoms with van der Waals surface area (Å²) in [6.07, 6.45) is 0.822. The molecule has 0 amide bonds. The Bertz CT molecular complexity index is 799. The van der Waals surface area contributed by atoms with Crippen molar-refractivity contribution in [3.05, 3.63) is 53.6 Å². The highest BCUT2D eigenvalue weighted by Gasteiger charge is 2.06. The molecule has 0 aliphatic carbocycles. The molecule has 2 aromatic carbocycles. The number of para-hydroxylation sites is 1. The molecule has 0 fully saturated rings. The lowest BCUT2D eigenvalue weighted by atomic mass is 10.1. The molecule has 0 saturated carbocycles. The van der Waals surface area contributed by atoms with E-state index in [-0.39, 0.29) is 5.75 Å². The minimum atomic E-state index is 0.271. The Morgan fingerprint density at radius 3 is 2.76 bits per heavy atom. The minimum absolute atomic E-state index is 0.271. The number of nitrogens with zero attached hydrogens (tertiary/aromatic N) is 2. The van der Waals surface area contributed by atoms with Crippen molar-refractivity contribution in [3.8, 4) is 11.8 Å². The van der Waals surface area contributed by atoms with Gasteiger partial charge in [0.1, 0.15) is 17.3 Å². The van der Waals surface area contributed by atoms with Gasteiger partial charge in [-0.15, -0.1) is 0 Å². The number of imidazole rings is 1. The number of hydrogen-bond acceptors (Lipinski definition) is 4. The third kappa shape index (κ3) is 2.79. The molecule has 0 saturated heterocycles. The van der Waals surface area contributed by atoms with Crippen LogP contribution in [0.5, 0.6) is 5.75 Å². The second kappa shape index (κ2) is 5.55. The summed E-state index contributed by atoms with van der Waals surface area (Å²) in [5.74, 6) is 0.930. The molecule has 0 aliphatic rings. The van der Waals surface area contributed by atoms with Crippen LogP contribution in [0.3, 0.4) is 0 Å². The number of rotatable bonds is 4. The van der Waals surface area contributed by atoms with Crippen LogP contribution in [-0.4, -0.2) is 21.6 Å². The fourth-order valence-corrected chi connectivity index (χ4v) is 2.19. The van der Waals surface area contributed by atoms with E-state index in [1.54, 1.807) is 18.2 Å². The molecule has 5 nitrogen and oxygen atoms in total. The largest absolute Gasteiger partial charge is 0.508 e. The smallest absolute Gasteiger partial charge is 0.201 e. The number of phenolic OH excluding ortho intramolecular Hbond substituents is 1. The zero-order chi connectivity index (χ0) is 14.7. The highest BCUT2D eigenvalue weighted by Crippen LogP contribution is 2.18. The van der Waals surface area contributed by atoms with Crippen molar-refractivity contribution in [3.63, 3.8) is 0 Å². The van der Waals surface area contributed by atoms with Crippen LogP contribution in [0.2, 0.25) is 0 Å². The van der Waals surface area contributed by atoms with E-state index in [0.717, 1.165) is 17.5 Å². The molecule has 0 spiro atoms. The Morgan fingerprint density at radius 2 is 2.00 bits per heavy atom. The maximum atomic E-state index is 9.23. The normalized spacial score (nSPS) is 10.4. The van der Waals surface area contributed by atoms with Crippen LogP contribution in [0.25, 0.3) is 11.0 Å². The maximum Gasteiger partial charge on any atom is 0.201 e. The minimum Gasteiger partial charge on any atom is -0.508 e. The molecule has 104 valence electrons. The summed E-state index contributed by atoms with van der Waals surface area (Å²) < 4.78 is 0. The Labute approximate surface area is 121 Å². The van der Waals surface area contributed by atoms with Gasteiger partial charge in [0.15, 0.2) is 0 Å². The Kier molecular flexibility index (Phi) is 3.44. The maximum absolute atomic E-state index is 9.23. The summed E-state index contributed by atoms with van der Waals surface area (Å²) in [6.45, 7) is 0.715. The van der Waals surface area contributed by atoms with Crippen LogP contribution in [0.15, 0.2) is 42.5 Å². The van der Waals surface area contributed by atoms with Gasteiger partial charge in [-0.05, 0) is 36.2 Å². The van der Waals surface area contributed by atoms with E-state index in [1.807, 2.05) is 24.3 Å². The molecular weight excluding hydrogens is 264 g/mol. The van der Waals surface area contributed by atoms with Crippen LogP contribution < -0.4 is 5.32 Å². The van der Waals surface area contributed by atoms with E-state index in [0.29, 0.717) is 23.6 Å². The fraction of sp³-hybridized carbons (Fsp3) is 0.125. The first-order valence-electron chi connectivity index (χ1n) is 6.67. The lowest BCUT2D eigenvalue weighted by molar-refractivity contribution is 0.475. The van der Waals surface area contributed by atoms with Gasteiger partial charge in [0.2, 0.25) is 5.95 Å². The number of nitriles is 1. The first kappa shape index (κ1) is 13.0. The SMILES string of the molecule is N#Cc1cccc2[nH]c(NCCc3ccc(O)cc3)nc12. The van der Waals surface area contributed by atoms with Crippen molar-refractivity contribution >= 4 is 17.0 Å². The van der Waals surface area contributed by atoms with Gasteiger partial charge in [0.05, 0.1) is 11.1 Å². The fourth-order valence-electron chi connectivity index (χ4n) is 2.19. The highest BCUT2D eigenvalue weighted by molar-refractivity contribution is 5.83. The first-order chi connectivity index (χ1) is 10.3. The monoisotopic (exact) mass is 278 g/mol. The number of hydrogen-bond donors (Lipinski definition) is 3. The van der Waals surface area contributed by atoms with Gasteiger partial charge >= 0.3 is 0 Å². The summed E-state index contributed by atoms with van der Waals surface area (Å²) in [7, 11) is 0. The van der Waals surface area contributed by atoms with Gasteiger partial charge in [-0.3, -0.25) is 0 Å². The molecule has 0 atom stereocenters. The second-order valence-electron chi connectivity index (χ2n) is 4.74. The summed E-state index contributed by atoms with van der Waals surface area (Å²) in [6, 6.07) is 14.8. The first-order valence-corrected chi connectivity index (χ1v) is 6.67. The average Bonchev–Trinajstić information content (AvgIpc) is 2.92. The molecule has 0 unspecified atom stereocenters. The molecule has 1 heterocycles. The van der Waals surface area contributed by atoms with Gasteiger partial charge in [0, 0.05) is 6.54 Å². The number of fused-ring (bicyclic) bond motifs is 1. The lowest BCUT2D eigenvalue weighted by Gasteiger charge is -2.03. The van der Waals surface area contributed by atoms with Crippen molar-refractivity contribution in [1.29, 1.82) is 5.26 Å². The zero-order valence-corrected chi connectivity index (χ0v) is 11.3. The lowest BCUT2D eigenvalue weighted by Crippen LogP contribution is -2.05. The number of H-pyrrole nitrogens is 1. The summed E-state index contributed by atoms with van der Waals surface area (Å²) >= 11 is 0. The molecule has 3 rings (SSSR count). The van der Waals surface area contributed by atoms with E-state index in [4.69, 9.17) is 5.26 Å². The van der Waals surface area contributed by atoms with Crippen LogP contribution in [0.1, 0.15) is 11.1 Å². The van der Waals surface area contributed by atoms with Crippen molar-refractivity contribution in [1.82, 2.24) is 9.97 Å². The third-order valence-corrected chi connectivity index (χ3v) is 3.28. The van der Waals surface area contributed by atoms with Gasteiger partial charge in [-0.25, -0.2) is 4.98 Å². The number of aromatic hydroxyl groups is 1. The van der Waals surface area contributed by atoms with E-state index in [9.17, 15) is 5.11 Å². The number of nitrogens with one attached hydrogen (secondary N) is 2. The Morgan fingerprint density at radius 1 is 1.19 bits per heavy atom. The van der Waals surface area contributed by atoms with Crippen molar-refractivity contribution in [2.24, 2.45) is 0 Å². The molecular formula is C16H14N4O. The number of aromatic amines is 1. The Hall–Kier alpha value is -3.00. The molecule has 5 heteroatoms. The molecule has 3 N–H and O–H groups in total. The van der Waals surface area contributed by atoms with Crippen molar-refractivity contribution in [2.75, 3.05) is 11.9 Å². The van der Waals surface area contributed by atoms with Crippen molar-refractivity contribution < 1.29 is 5.11 Å². The molecule has 21 heavy (non-hydrogen) atoms. The van der Waals surface area contributed by atoms with E-state index >= 15 is 0 Å². The molecule has 3 aromatic rings. The van der Waals surface area contributed by atoms with Crippen LogP contribution in [0.4, 0.5) is 5.95 Å². The molecule has 0 aliphatic heterocycles. The van der Waals surface area contributed by atoms with Gasteiger partial charge in [0.25, 0.3) is 0 Å². The summed E-state index contributed by atoms with van der Waals surface area (Å²) in [4.78, 5) is 7.55. The quantitative estimate of drug-likeness (QED) is 0.685. The number of benzene rings is 2. The number of anilines is 1. The van der Waals surface area contributed by atoms with E-state index < -0.39 is 0 Å². The summed E-state index contributed by atoms with van der Waals surface area (Å²) in [5.41, 5.74) is 3.23. The third-order valence-electron chi connectivity index (χ3n) is 3.28. The van der Waals surface area contributed by atoms with Crippen LogP contribution in [0, 0.1) is 11.3 Å². The number of aromatic nitrogens is 2. The van der Waals surface area contributed by atoms with Crippen molar-refractivity contribution in [2.45, 2.75) is 6.42 Å². The van der Waals surface area contributed by atoms with Gasteiger partial charge in [-0.1, -0.05) is 18.2 Å². The zero-order valence-electron chi connectivity index (χ0n) is 11.3. The van der Waals surface area contributed by atoms with E-state index in [2.05, 4.69) is 21.4 Å². The molecule has 0 bridgehead atoms. The highest BCUT2D eigenvalue weighted by atomic mass is 16.3. The van der Waals surface area contributed by atoms with Crippen LogP contribution in [-0.2, 0) is 6.42 Å². The van der Waals surface area contributed by atoms with Crippen LogP contribution >= 0.6 is 0 Å². The number of phenols is 1. The average molecular weight is 278 g/mol. The standard InChI is InChI=1S/C16H14N4O/c17-10-12-2-1-3-14-15(12)20-16(19-14)18-9-8-11-4-6-13(21)7-5-11/h1-7,21H,8-9H2,(H2,18,19,20). The van der Waals surface area contributed by atoms with Gasteiger partial charge in [-0.2, -0.15) is 5.26 Å². The molecule has 1 aromatic heterocycles. The Balaban J connectivity index is 1.68. The summed E-state index contributed by atoms with van der Waals surface area (Å²) in [5, 5.41) is 21.5. The second-order valence-corrected chi connectivity index (χ2v) is 4.74. The molecule has 0 radical (unpaired) electrons. The topological polar surface area (TPSA) is 84.7 Å².